The Kier molecular flexibility index (Phi) is 2.85. The maximum Gasteiger partial charge on any atom is 0.230 e. The van der Waals surface area contributed by atoms with Crippen LogP contribution in [-0.2, 0) is 4.79 Å². The van der Waals surface area contributed by atoms with E-state index in [0.717, 1.165) is 13.1 Å². The lowest BCUT2D eigenvalue weighted by Gasteiger charge is -2.23. The maximum absolute atomic E-state index is 11.4. The van der Waals surface area contributed by atoms with Gasteiger partial charge in [-0.1, -0.05) is 0 Å². The SMILES string of the molecule is CCN(CC)C1=C(O)C(=O)C(C)(O)C1. The van der Waals surface area contributed by atoms with E-state index in [4.69, 9.17) is 0 Å². The number of rotatable bonds is 3. The highest BCUT2D eigenvalue weighted by Gasteiger charge is 2.43. The van der Waals surface area contributed by atoms with Gasteiger partial charge in [-0.3, -0.25) is 4.79 Å². The van der Waals surface area contributed by atoms with Crippen molar-refractivity contribution >= 4 is 5.78 Å². The fourth-order valence-corrected chi connectivity index (χ4v) is 1.74. The Morgan fingerprint density at radius 3 is 2.21 bits per heavy atom. The molecule has 1 unspecified atom stereocenters. The van der Waals surface area contributed by atoms with Crippen molar-refractivity contribution in [3.05, 3.63) is 11.5 Å². The van der Waals surface area contributed by atoms with E-state index in [-0.39, 0.29) is 12.2 Å². The van der Waals surface area contributed by atoms with Crippen LogP contribution >= 0.6 is 0 Å². The molecule has 1 rings (SSSR count). The molecule has 0 spiro atoms. The van der Waals surface area contributed by atoms with E-state index < -0.39 is 11.4 Å². The molecule has 1 aliphatic rings. The molecule has 0 aliphatic heterocycles. The van der Waals surface area contributed by atoms with Gasteiger partial charge in [-0.25, -0.2) is 0 Å². The second kappa shape index (κ2) is 3.61. The van der Waals surface area contributed by atoms with Gasteiger partial charge in [-0.2, -0.15) is 0 Å². The molecule has 4 nitrogen and oxygen atoms in total. The molecule has 0 saturated carbocycles. The van der Waals surface area contributed by atoms with Crippen LogP contribution < -0.4 is 0 Å². The van der Waals surface area contributed by atoms with Gasteiger partial charge >= 0.3 is 0 Å². The van der Waals surface area contributed by atoms with Gasteiger partial charge < -0.3 is 15.1 Å². The predicted molar refractivity (Wildman–Crippen MR) is 52.8 cm³/mol. The fourth-order valence-electron chi connectivity index (χ4n) is 1.74. The minimum absolute atomic E-state index is 0.208. The smallest absolute Gasteiger partial charge is 0.230 e. The van der Waals surface area contributed by atoms with Crippen molar-refractivity contribution in [2.45, 2.75) is 32.8 Å². The Bertz CT molecular complexity index is 277. The molecule has 14 heavy (non-hydrogen) atoms. The number of aliphatic hydroxyl groups excluding tert-OH is 1. The zero-order valence-electron chi connectivity index (χ0n) is 8.87. The summed E-state index contributed by atoms with van der Waals surface area (Å²) < 4.78 is 0. The second-order valence-corrected chi connectivity index (χ2v) is 3.75. The average molecular weight is 199 g/mol. The summed E-state index contributed by atoms with van der Waals surface area (Å²) in [6, 6.07) is 0. The number of carbonyl (C=O) groups is 1. The first-order valence-corrected chi connectivity index (χ1v) is 4.88. The zero-order valence-corrected chi connectivity index (χ0v) is 8.87. The summed E-state index contributed by atoms with van der Waals surface area (Å²) in [7, 11) is 0. The number of hydrogen-bond acceptors (Lipinski definition) is 4. The number of nitrogens with zero attached hydrogens (tertiary/aromatic N) is 1. The predicted octanol–water partition coefficient (Wildman–Crippen LogP) is 0.822. The van der Waals surface area contributed by atoms with Gasteiger partial charge in [-0.15, -0.1) is 0 Å². The standard InChI is InChI=1S/C10H17NO3/c1-4-11(5-2)7-6-10(3,14)9(13)8(7)12/h12,14H,4-6H2,1-3H3. The minimum Gasteiger partial charge on any atom is -0.503 e. The molecule has 0 radical (unpaired) electrons. The highest BCUT2D eigenvalue weighted by molar-refractivity contribution is 6.02. The van der Waals surface area contributed by atoms with E-state index in [1.165, 1.54) is 6.92 Å². The summed E-state index contributed by atoms with van der Waals surface area (Å²) in [5.41, 5.74) is -0.868. The fraction of sp³-hybridized carbons (Fsp3) is 0.700. The molecule has 0 saturated heterocycles. The topological polar surface area (TPSA) is 60.8 Å². The lowest BCUT2D eigenvalue weighted by atomic mass is 10.0. The quantitative estimate of drug-likeness (QED) is 0.706. The highest BCUT2D eigenvalue weighted by Crippen LogP contribution is 2.31. The third kappa shape index (κ3) is 1.62. The van der Waals surface area contributed by atoms with Crippen molar-refractivity contribution < 1.29 is 15.0 Å². The lowest BCUT2D eigenvalue weighted by Crippen LogP contribution is -2.31. The Morgan fingerprint density at radius 1 is 1.43 bits per heavy atom. The van der Waals surface area contributed by atoms with Crippen LogP contribution in [0.5, 0.6) is 0 Å². The highest BCUT2D eigenvalue weighted by atomic mass is 16.3. The van der Waals surface area contributed by atoms with Gasteiger partial charge in [0.1, 0.15) is 5.60 Å². The van der Waals surface area contributed by atoms with Gasteiger partial charge in [0, 0.05) is 19.5 Å². The van der Waals surface area contributed by atoms with Crippen LogP contribution in [0.4, 0.5) is 0 Å². The van der Waals surface area contributed by atoms with Crippen molar-refractivity contribution in [1.29, 1.82) is 0 Å². The molecule has 0 fully saturated rings. The molecule has 1 atom stereocenters. The van der Waals surface area contributed by atoms with Crippen LogP contribution in [0.3, 0.4) is 0 Å². The number of ketones is 1. The first kappa shape index (κ1) is 11.0. The number of Topliss-reactive ketones (excluding diaryl/α,β-unsaturated/α-hetero) is 1. The lowest BCUT2D eigenvalue weighted by molar-refractivity contribution is -0.132. The molecule has 0 heterocycles. The number of hydrogen-bond donors (Lipinski definition) is 2. The van der Waals surface area contributed by atoms with Crippen LogP contribution in [0.2, 0.25) is 0 Å². The molecule has 2 N–H and O–H groups in total. The largest absolute Gasteiger partial charge is 0.503 e. The van der Waals surface area contributed by atoms with Crippen LogP contribution in [0, 0.1) is 0 Å². The van der Waals surface area contributed by atoms with Crippen molar-refractivity contribution in [3.8, 4) is 0 Å². The molecule has 0 aromatic carbocycles. The van der Waals surface area contributed by atoms with E-state index in [1.54, 1.807) is 0 Å². The van der Waals surface area contributed by atoms with Crippen molar-refractivity contribution in [1.82, 2.24) is 4.90 Å². The van der Waals surface area contributed by atoms with Crippen molar-refractivity contribution in [2.75, 3.05) is 13.1 Å². The van der Waals surface area contributed by atoms with Crippen LogP contribution in [0.25, 0.3) is 0 Å². The number of aliphatic hydroxyl groups is 2. The normalized spacial score (nSPS) is 27.3. The third-order valence-corrected chi connectivity index (χ3v) is 2.63. The number of carbonyl (C=O) groups excluding carboxylic acids is 1. The van der Waals surface area contributed by atoms with E-state index in [1.807, 2.05) is 18.7 Å². The van der Waals surface area contributed by atoms with E-state index >= 15 is 0 Å². The molecule has 0 aromatic heterocycles. The summed E-state index contributed by atoms with van der Waals surface area (Å²) >= 11 is 0. The summed E-state index contributed by atoms with van der Waals surface area (Å²) in [4.78, 5) is 13.3. The van der Waals surface area contributed by atoms with E-state index in [9.17, 15) is 15.0 Å². The molecular weight excluding hydrogens is 182 g/mol. The first-order valence-electron chi connectivity index (χ1n) is 4.88. The second-order valence-electron chi connectivity index (χ2n) is 3.75. The molecule has 1 aliphatic carbocycles. The third-order valence-electron chi connectivity index (χ3n) is 2.63. The zero-order chi connectivity index (χ0) is 10.9. The van der Waals surface area contributed by atoms with Gasteiger partial charge in [0.05, 0.1) is 5.70 Å². The summed E-state index contributed by atoms with van der Waals surface area (Å²) in [5.74, 6) is -0.849. The van der Waals surface area contributed by atoms with Crippen molar-refractivity contribution in [3.63, 3.8) is 0 Å². The van der Waals surface area contributed by atoms with Crippen LogP contribution in [0.15, 0.2) is 11.5 Å². The summed E-state index contributed by atoms with van der Waals surface area (Å²) in [6.07, 6.45) is 0.208. The van der Waals surface area contributed by atoms with Gasteiger partial charge in [0.15, 0.2) is 5.76 Å². The van der Waals surface area contributed by atoms with E-state index in [2.05, 4.69) is 0 Å². The van der Waals surface area contributed by atoms with Gasteiger partial charge in [0.2, 0.25) is 5.78 Å². The summed E-state index contributed by atoms with van der Waals surface area (Å²) in [5, 5.41) is 19.2. The molecule has 80 valence electrons. The molecular formula is C10H17NO3. The Morgan fingerprint density at radius 2 is 1.93 bits per heavy atom. The molecule has 4 heteroatoms. The maximum atomic E-state index is 11.4. The molecule has 0 aromatic rings. The molecule has 0 amide bonds. The monoisotopic (exact) mass is 199 g/mol. The first-order chi connectivity index (χ1) is 6.44. The average Bonchev–Trinajstić information content (AvgIpc) is 2.33. The Balaban J connectivity index is 2.96. The van der Waals surface area contributed by atoms with Crippen LogP contribution in [0.1, 0.15) is 27.2 Å². The van der Waals surface area contributed by atoms with Gasteiger partial charge in [0.25, 0.3) is 0 Å². The van der Waals surface area contributed by atoms with Crippen LogP contribution in [-0.4, -0.2) is 39.6 Å². The molecule has 0 bridgehead atoms. The van der Waals surface area contributed by atoms with Crippen molar-refractivity contribution in [2.24, 2.45) is 0 Å². The Hall–Kier alpha value is -1.03. The Labute approximate surface area is 83.8 Å². The van der Waals surface area contributed by atoms with Gasteiger partial charge in [-0.05, 0) is 20.8 Å². The summed E-state index contributed by atoms with van der Waals surface area (Å²) in [6.45, 7) is 6.77. The minimum atomic E-state index is -1.43. The van der Waals surface area contributed by atoms with E-state index in [0.29, 0.717) is 5.70 Å².